The number of fused-ring (bicyclic) bond motifs is 1. The molecule has 1 saturated heterocycles. The summed E-state index contributed by atoms with van der Waals surface area (Å²) in [6.07, 6.45) is -0.875. The van der Waals surface area contributed by atoms with E-state index in [0.717, 1.165) is 14.7 Å². The summed E-state index contributed by atoms with van der Waals surface area (Å²) < 4.78 is 1.04. The number of nitrogens with zero attached hydrogens (tertiary/aromatic N) is 3. The molecule has 0 aromatic carbocycles. The van der Waals surface area contributed by atoms with Crippen molar-refractivity contribution in [3.05, 3.63) is 20.5 Å². The smallest absolute Gasteiger partial charge is 0.407 e. The number of likely N-dealkylation sites (tertiary alicyclic amines) is 1. The molecule has 1 aliphatic rings. The van der Waals surface area contributed by atoms with Gasteiger partial charge in [-0.15, -0.1) is 10.2 Å². The fraction of sp³-hybridized carbons (Fsp3) is 0.300. The topological polar surface area (TPSA) is 82.1 Å². The van der Waals surface area contributed by atoms with Crippen LogP contribution in [0.5, 0.6) is 0 Å². The Morgan fingerprint density at radius 3 is 2.94 bits per heavy atom. The Balaban J connectivity index is 1.94. The van der Waals surface area contributed by atoms with Gasteiger partial charge in [0.15, 0.2) is 10.8 Å². The van der Waals surface area contributed by atoms with Crippen molar-refractivity contribution < 1.29 is 9.90 Å². The molecule has 2 aromatic rings. The van der Waals surface area contributed by atoms with Crippen molar-refractivity contribution in [3.63, 3.8) is 0 Å². The van der Waals surface area contributed by atoms with Gasteiger partial charge in [0.1, 0.15) is 0 Å². The second kappa shape index (κ2) is 4.23. The predicted octanol–water partition coefficient (Wildman–Crippen LogP) is 2.29. The molecule has 2 N–H and O–H groups in total. The van der Waals surface area contributed by atoms with Gasteiger partial charge in [-0.2, -0.15) is 0 Å². The van der Waals surface area contributed by atoms with Crippen molar-refractivity contribution in [2.45, 2.75) is 5.92 Å². The molecule has 0 unspecified atom stereocenters. The average Bonchev–Trinajstić information content (AvgIpc) is 2.54. The second-order valence-electron chi connectivity index (χ2n) is 4.17. The normalized spacial score (nSPS) is 16.0. The standard InChI is InChI=1S/C10H8ClIN4O2/c11-6-1-5-7(12)8(13-9(5)15-14-6)4-2-16(3-4)10(17)18/h1,4H,2-3H2,(H,13,15)(H,17,18). The van der Waals surface area contributed by atoms with E-state index in [1.54, 1.807) is 6.07 Å². The number of carbonyl (C=O) groups is 1. The summed E-state index contributed by atoms with van der Waals surface area (Å²) >= 11 is 8.04. The first-order valence-corrected chi connectivity index (χ1v) is 6.70. The monoisotopic (exact) mass is 378 g/mol. The maximum Gasteiger partial charge on any atom is 0.407 e. The maximum atomic E-state index is 10.7. The molecular formula is C10H8ClIN4O2. The molecule has 0 aliphatic carbocycles. The second-order valence-corrected chi connectivity index (χ2v) is 5.63. The summed E-state index contributed by atoms with van der Waals surface area (Å²) in [6, 6.07) is 1.76. The molecule has 0 bridgehead atoms. The molecule has 1 fully saturated rings. The van der Waals surface area contributed by atoms with Crippen LogP contribution in [0.2, 0.25) is 5.15 Å². The fourth-order valence-corrected chi connectivity index (χ4v) is 3.19. The number of carboxylic acid groups (broad SMARTS) is 1. The van der Waals surface area contributed by atoms with Crippen molar-refractivity contribution in [2.75, 3.05) is 13.1 Å². The van der Waals surface area contributed by atoms with Crippen LogP contribution in [0.3, 0.4) is 0 Å². The summed E-state index contributed by atoms with van der Waals surface area (Å²) in [4.78, 5) is 15.3. The van der Waals surface area contributed by atoms with E-state index in [4.69, 9.17) is 16.7 Å². The third-order valence-electron chi connectivity index (χ3n) is 3.05. The highest BCUT2D eigenvalue weighted by molar-refractivity contribution is 14.1. The van der Waals surface area contributed by atoms with Crippen LogP contribution in [0.25, 0.3) is 11.0 Å². The van der Waals surface area contributed by atoms with Crippen LogP contribution < -0.4 is 0 Å². The zero-order chi connectivity index (χ0) is 12.9. The van der Waals surface area contributed by atoms with Crippen molar-refractivity contribution >= 4 is 51.3 Å². The fourth-order valence-electron chi connectivity index (χ4n) is 2.05. The number of H-pyrrole nitrogens is 1. The molecular weight excluding hydrogens is 370 g/mol. The molecule has 18 heavy (non-hydrogen) atoms. The van der Waals surface area contributed by atoms with Gasteiger partial charge in [-0.3, -0.25) is 0 Å². The van der Waals surface area contributed by atoms with Crippen LogP contribution >= 0.6 is 34.2 Å². The first-order valence-electron chi connectivity index (χ1n) is 5.24. The molecule has 0 atom stereocenters. The SMILES string of the molecule is O=C(O)N1CC(c2[nH]c3nnc(Cl)cc3c2I)C1. The summed E-state index contributed by atoms with van der Waals surface area (Å²) in [5, 5.41) is 17.9. The number of nitrogens with one attached hydrogen (secondary N) is 1. The number of hydrogen-bond donors (Lipinski definition) is 2. The van der Waals surface area contributed by atoms with Crippen LogP contribution in [0.4, 0.5) is 4.79 Å². The Kier molecular flexibility index (Phi) is 2.81. The largest absolute Gasteiger partial charge is 0.465 e. The Labute approximate surface area is 120 Å². The van der Waals surface area contributed by atoms with Gasteiger partial charge in [0, 0.05) is 33.7 Å². The molecule has 3 heterocycles. The molecule has 0 spiro atoms. The average molecular weight is 379 g/mol. The Hall–Kier alpha value is -1.09. The zero-order valence-corrected chi connectivity index (χ0v) is 11.9. The highest BCUT2D eigenvalue weighted by atomic mass is 127. The Bertz CT molecular complexity index is 638. The highest BCUT2D eigenvalue weighted by Crippen LogP contribution is 2.33. The predicted molar refractivity (Wildman–Crippen MR) is 74.0 cm³/mol. The van der Waals surface area contributed by atoms with Gasteiger partial charge >= 0.3 is 6.09 Å². The van der Waals surface area contributed by atoms with E-state index < -0.39 is 6.09 Å². The molecule has 0 saturated carbocycles. The van der Waals surface area contributed by atoms with Gasteiger partial charge in [0.05, 0.1) is 0 Å². The van der Waals surface area contributed by atoms with Gasteiger partial charge in [-0.25, -0.2) is 4.79 Å². The quantitative estimate of drug-likeness (QED) is 0.746. The maximum absolute atomic E-state index is 10.7. The Morgan fingerprint density at radius 1 is 1.56 bits per heavy atom. The minimum atomic E-state index is -0.875. The lowest BCUT2D eigenvalue weighted by Crippen LogP contribution is -2.48. The lowest BCUT2D eigenvalue weighted by Gasteiger charge is -2.36. The number of hydrogen-bond acceptors (Lipinski definition) is 3. The Morgan fingerprint density at radius 2 is 2.28 bits per heavy atom. The molecule has 2 aromatic heterocycles. The summed E-state index contributed by atoms with van der Waals surface area (Å²) in [5.41, 5.74) is 1.70. The van der Waals surface area contributed by atoms with Gasteiger partial charge in [-0.1, -0.05) is 11.6 Å². The van der Waals surface area contributed by atoms with Gasteiger partial charge in [0.2, 0.25) is 0 Å². The minimum absolute atomic E-state index is 0.195. The van der Waals surface area contributed by atoms with E-state index >= 15 is 0 Å². The minimum Gasteiger partial charge on any atom is -0.465 e. The van der Waals surface area contributed by atoms with Crippen LogP contribution in [0.15, 0.2) is 6.07 Å². The van der Waals surface area contributed by atoms with E-state index in [0.29, 0.717) is 23.9 Å². The molecule has 6 nitrogen and oxygen atoms in total. The third kappa shape index (κ3) is 1.81. The van der Waals surface area contributed by atoms with E-state index in [1.807, 2.05) is 0 Å². The van der Waals surface area contributed by atoms with Crippen LogP contribution in [0, 0.1) is 3.57 Å². The lowest BCUT2D eigenvalue weighted by molar-refractivity contribution is 0.104. The third-order valence-corrected chi connectivity index (χ3v) is 4.40. The van der Waals surface area contributed by atoms with Gasteiger partial charge in [-0.05, 0) is 28.7 Å². The lowest BCUT2D eigenvalue weighted by atomic mass is 9.97. The molecule has 1 aliphatic heterocycles. The van der Waals surface area contributed by atoms with Crippen molar-refractivity contribution in [1.82, 2.24) is 20.1 Å². The number of amides is 1. The molecule has 1 amide bonds. The summed E-state index contributed by atoms with van der Waals surface area (Å²) in [6.45, 7) is 1.03. The van der Waals surface area contributed by atoms with E-state index in [1.165, 1.54) is 4.90 Å². The number of halogens is 2. The summed E-state index contributed by atoms with van der Waals surface area (Å²) in [7, 11) is 0. The van der Waals surface area contributed by atoms with E-state index in [9.17, 15) is 4.79 Å². The van der Waals surface area contributed by atoms with Crippen molar-refractivity contribution in [3.8, 4) is 0 Å². The first-order chi connectivity index (χ1) is 8.56. The van der Waals surface area contributed by atoms with Crippen LogP contribution in [-0.4, -0.2) is 44.4 Å². The van der Waals surface area contributed by atoms with Crippen molar-refractivity contribution in [2.24, 2.45) is 0 Å². The highest BCUT2D eigenvalue weighted by Gasteiger charge is 2.34. The zero-order valence-electron chi connectivity index (χ0n) is 9.02. The number of aromatic nitrogens is 3. The molecule has 3 rings (SSSR count). The number of aromatic amines is 1. The van der Waals surface area contributed by atoms with Gasteiger partial charge in [0.25, 0.3) is 0 Å². The van der Waals surface area contributed by atoms with E-state index in [2.05, 4.69) is 37.8 Å². The number of rotatable bonds is 1. The summed E-state index contributed by atoms with van der Waals surface area (Å²) in [5.74, 6) is 0.195. The molecule has 0 radical (unpaired) electrons. The molecule has 94 valence electrons. The van der Waals surface area contributed by atoms with Crippen molar-refractivity contribution in [1.29, 1.82) is 0 Å². The van der Waals surface area contributed by atoms with Crippen LogP contribution in [0.1, 0.15) is 11.6 Å². The first kappa shape index (κ1) is 12.0. The molecule has 8 heteroatoms. The van der Waals surface area contributed by atoms with Crippen LogP contribution in [-0.2, 0) is 0 Å². The van der Waals surface area contributed by atoms with E-state index in [-0.39, 0.29) is 5.92 Å². The van der Waals surface area contributed by atoms with Gasteiger partial charge < -0.3 is 15.0 Å².